The number of hydrogen-bond acceptors (Lipinski definition) is 7. The van der Waals surface area contributed by atoms with Gasteiger partial charge in [0.15, 0.2) is 10.3 Å². The van der Waals surface area contributed by atoms with Gasteiger partial charge in [0.25, 0.3) is 15.9 Å². The van der Waals surface area contributed by atoms with Gasteiger partial charge in [-0.05, 0) is 42.5 Å². The molecule has 0 radical (unpaired) electrons. The molecule has 4 rings (SSSR count). The number of thiazole rings is 2. The van der Waals surface area contributed by atoms with E-state index in [0.717, 1.165) is 23.5 Å². The molecule has 11 heteroatoms. The van der Waals surface area contributed by atoms with Gasteiger partial charge in [-0.3, -0.25) is 14.8 Å². The van der Waals surface area contributed by atoms with Crippen LogP contribution >= 0.6 is 22.7 Å². The minimum Gasteiger partial charge on any atom is -0.298 e. The zero-order chi connectivity index (χ0) is 19.7. The Hall–Kier alpha value is -2.89. The standard InChI is InChI=1S/C17H11FN4O3S3/c18-11-2-4-12(5-3-11)28(24,25)22-17-20-13-6-1-10(9-14(13)27-17)15(23)21-16-19-7-8-26-16/h1-9H,(H,20,22)(H,19,21,23). The van der Waals surface area contributed by atoms with E-state index >= 15 is 0 Å². The van der Waals surface area contributed by atoms with Crippen molar-refractivity contribution in [3.63, 3.8) is 0 Å². The quantitative estimate of drug-likeness (QED) is 0.495. The second-order valence-electron chi connectivity index (χ2n) is 5.55. The predicted octanol–water partition coefficient (Wildman–Crippen LogP) is 3.95. The van der Waals surface area contributed by atoms with Gasteiger partial charge in [-0.15, -0.1) is 11.3 Å². The highest BCUT2D eigenvalue weighted by Crippen LogP contribution is 2.29. The van der Waals surface area contributed by atoms with E-state index in [1.807, 2.05) is 0 Å². The van der Waals surface area contributed by atoms with Crippen molar-refractivity contribution in [3.8, 4) is 0 Å². The molecule has 0 saturated heterocycles. The molecule has 0 aliphatic carbocycles. The Morgan fingerprint density at radius 1 is 1.07 bits per heavy atom. The van der Waals surface area contributed by atoms with Crippen LogP contribution in [0.4, 0.5) is 14.7 Å². The van der Waals surface area contributed by atoms with Crippen molar-refractivity contribution >= 4 is 59.1 Å². The molecule has 0 fully saturated rings. The number of nitrogens with zero attached hydrogens (tertiary/aromatic N) is 2. The van der Waals surface area contributed by atoms with Gasteiger partial charge >= 0.3 is 0 Å². The fraction of sp³-hybridized carbons (Fsp3) is 0. The Morgan fingerprint density at radius 3 is 2.57 bits per heavy atom. The van der Waals surface area contributed by atoms with Crippen LogP contribution in [-0.4, -0.2) is 24.3 Å². The number of carbonyl (C=O) groups is 1. The lowest BCUT2D eigenvalue weighted by Crippen LogP contribution is -2.12. The topological polar surface area (TPSA) is 101 Å². The van der Waals surface area contributed by atoms with Gasteiger partial charge in [0.1, 0.15) is 5.82 Å². The number of hydrogen-bond donors (Lipinski definition) is 2. The van der Waals surface area contributed by atoms with E-state index in [2.05, 4.69) is 20.0 Å². The van der Waals surface area contributed by atoms with Crippen molar-refractivity contribution in [2.75, 3.05) is 10.0 Å². The van der Waals surface area contributed by atoms with Crippen molar-refractivity contribution in [1.29, 1.82) is 0 Å². The van der Waals surface area contributed by atoms with Gasteiger partial charge in [-0.1, -0.05) is 11.3 Å². The van der Waals surface area contributed by atoms with E-state index in [1.165, 1.54) is 23.5 Å². The molecule has 4 aromatic rings. The maximum atomic E-state index is 13.0. The lowest BCUT2D eigenvalue weighted by atomic mass is 10.2. The number of amides is 1. The van der Waals surface area contributed by atoms with Crippen LogP contribution in [-0.2, 0) is 10.0 Å². The summed E-state index contributed by atoms with van der Waals surface area (Å²) in [6.45, 7) is 0. The molecule has 2 aromatic heterocycles. The summed E-state index contributed by atoms with van der Waals surface area (Å²) in [5.41, 5.74) is 0.951. The molecule has 0 bridgehead atoms. The number of aromatic nitrogens is 2. The van der Waals surface area contributed by atoms with Crippen molar-refractivity contribution in [3.05, 3.63) is 65.4 Å². The van der Waals surface area contributed by atoms with E-state index in [0.29, 0.717) is 20.9 Å². The van der Waals surface area contributed by atoms with E-state index in [9.17, 15) is 17.6 Å². The van der Waals surface area contributed by atoms with Crippen LogP contribution in [0, 0.1) is 5.82 Å². The van der Waals surface area contributed by atoms with Gasteiger partial charge in [0.05, 0.1) is 15.1 Å². The summed E-state index contributed by atoms with van der Waals surface area (Å²) in [6, 6.07) is 9.35. The summed E-state index contributed by atoms with van der Waals surface area (Å²) >= 11 is 2.40. The molecular weight excluding hydrogens is 423 g/mol. The number of sulfonamides is 1. The van der Waals surface area contributed by atoms with Crippen molar-refractivity contribution in [1.82, 2.24) is 9.97 Å². The minimum atomic E-state index is -3.89. The summed E-state index contributed by atoms with van der Waals surface area (Å²) in [5, 5.41) is 5.07. The molecule has 0 aliphatic rings. The monoisotopic (exact) mass is 434 g/mol. The number of halogens is 1. The Bertz CT molecular complexity index is 1250. The van der Waals surface area contributed by atoms with Gasteiger partial charge in [0, 0.05) is 17.1 Å². The Labute approximate surface area is 166 Å². The number of benzene rings is 2. The van der Waals surface area contributed by atoms with E-state index in [-0.39, 0.29) is 15.9 Å². The van der Waals surface area contributed by atoms with Crippen LogP contribution in [0.25, 0.3) is 10.2 Å². The second-order valence-corrected chi connectivity index (χ2v) is 9.16. The van der Waals surface area contributed by atoms with E-state index < -0.39 is 15.8 Å². The lowest BCUT2D eigenvalue weighted by Gasteiger charge is -2.04. The van der Waals surface area contributed by atoms with Crippen LogP contribution < -0.4 is 10.0 Å². The molecule has 2 N–H and O–H groups in total. The highest BCUT2D eigenvalue weighted by Gasteiger charge is 2.17. The third-order valence-electron chi connectivity index (χ3n) is 3.65. The first kappa shape index (κ1) is 18.5. The summed E-state index contributed by atoms with van der Waals surface area (Å²) in [7, 11) is -3.89. The van der Waals surface area contributed by atoms with Crippen molar-refractivity contribution in [2.45, 2.75) is 4.90 Å². The highest BCUT2D eigenvalue weighted by molar-refractivity contribution is 7.93. The zero-order valence-corrected chi connectivity index (χ0v) is 16.4. The van der Waals surface area contributed by atoms with Gasteiger partial charge in [-0.2, -0.15) is 0 Å². The van der Waals surface area contributed by atoms with Crippen molar-refractivity contribution < 1.29 is 17.6 Å². The molecule has 1 amide bonds. The minimum absolute atomic E-state index is 0.0725. The maximum Gasteiger partial charge on any atom is 0.263 e. The summed E-state index contributed by atoms with van der Waals surface area (Å²) in [5.74, 6) is -0.846. The van der Waals surface area contributed by atoms with Gasteiger partial charge < -0.3 is 0 Å². The fourth-order valence-corrected chi connectivity index (χ4v) is 5.02. The van der Waals surface area contributed by atoms with Crippen LogP contribution in [0.5, 0.6) is 0 Å². The SMILES string of the molecule is O=C(Nc1nccs1)c1ccc2nc(NS(=O)(=O)c3ccc(F)cc3)sc2c1. The maximum absolute atomic E-state index is 13.0. The lowest BCUT2D eigenvalue weighted by molar-refractivity contribution is 0.102. The fourth-order valence-electron chi connectivity index (χ4n) is 2.35. The third kappa shape index (κ3) is 3.86. The second kappa shape index (κ2) is 7.26. The molecule has 0 unspecified atom stereocenters. The van der Waals surface area contributed by atoms with Gasteiger partial charge in [0.2, 0.25) is 0 Å². The number of rotatable bonds is 5. The molecule has 2 heterocycles. The first-order valence-electron chi connectivity index (χ1n) is 7.80. The largest absolute Gasteiger partial charge is 0.298 e. The molecule has 0 saturated carbocycles. The van der Waals surface area contributed by atoms with Crippen LogP contribution in [0.2, 0.25) is 0 Å². The van der Waals surface area contributed by atoms with Crippen LogP contribution in [0.15, 0.2) is 58.9 Å². The first-order valence-corrected chi connectivity index (χ1v) is 11.0. The van der Waals surface area contributed by atoms with Gasteiger partial charge in [-0.25, -0.2) is 22.8 Å². The zero-order valence-electron chi connectivity index (χ0n) is 13.9. The molecule has 0 spiro atoms. The third-order valence-corrected chi connectivity index (χ3v) is 6.76. The summed E-state index contributed by atoms with van der Waals surface area (Å²) in [6.07, 6.45) is 1.59. The highest BCUT2D eigenvalue weighted by atomic mass is 32.2. The predicted molar refractivity (Wildman–Crippen MR) is 107 cm³/mol. The van der Waals surface area contributed by atoms with Crippen LogP contribution in [0.1, 0.15) is 10.4 Å². The number of fused-ring (bicyclic) bond motifs is 1. The number of anilines is 2. The normalized spacial score (nSPS) is 11.5. The molecule has 142 valence electrons. The molecule has 2 aromatic carbocycles. The summed E-state index contributed by atoms with van der Waals surface area (Å²) in [4.78, 5) is 20.5. The smallest absolute Gasteiger partial charge is 0.263 e. The van der Waals surface area contributed by atoms with E-state index in [4.69, 9.17) is 0 Å². The van der Waals surface area contributed by atoms with Crippen LogP contribution in [0.3, 0.4) is 0 Å². The van der Waals surface area contributed by atoms with E-state index in [1.54, 1.807) is 29.8 Å². The Balaban J connectivity index is 1.58. The number of carbonyl (C=O) groups excluding carboxylic acids is 1. The molecule has 0 aliphatic heterocycles. The average Bonchev–Trinajstić information content (AvgIpc) is 3.29. The average molecular weight is 434 g/mol. The molecule has 7 nitrogen and oxygen atoms in total. The number of nitrogens with one attached hydrogen (secondary N) is 2. The molecule has 0 atom stereocenters. The molecular formula is C17H11FN4O3S3. The van der Waals surface area contributed by atoms with Crippen molar-refractivity contribution in [2.24, 2.45) is 0 Å². The Morgan fingerprint density at radius 2 is 1.86 bits per heavy atom. The summed E-state index contributed by atoms with van der Waals surface area (Å²) < 4.78 is 40.8. The Kier molecular flexibility index (Phi) is 4.79. The first-order chi connectivity index (χ1) is 13.4. The molecule has 28 heavy (non-hydrogen) atoms.